The Morgan fingerprint density at radius 1 is 1.14 bits per heavy atom. The molecule has 0 bridgehead atoms. The van der Waals surface area contributed by atoms with Gasteiger partial charge in [0, 0.05) is 15.6 Å². The van der Waals surface area contributed by atoms with Crippen molar-refractivity contribution in [1.29, 1.82) is 0 Å². The molecular formula is C16H12BrN3O2. The van der Waals surface area contributed by atoms with Crippen LogP contribution in [0.3, 0.4) is 0 Å². The maximum absolute atomic E-state index is 12.1. The van der Waals surface area contributed by atoms with Gasteiger partial charge < -0.3 is 4.42 Å². The van der Waals surface area contributed by atoms with Crippen molar-refractivity contribution in [2.45, 2.75) is 6.92 Å². The molecule has 0 saturated heterocycles. The Morgan fingerprint density at radius 3 is 2.64 bits per heavy atom. The van der Waals surface area contributed by atoms with Crippen molar-refractivity contribution in [2.24, 2.45) is 0 Å². The summed E-state index contributed by atoms with van der Waals surface area (Å²) in [5.41, 5.74) is 2.34. The van der Waals surface area contributed by atoms with E-state index in [2.05, 4.69) is 31.4 Å². The quantitative estimate of drug-likeness (QED) is 0.767. The van der Waals surface area contributed by atoms with Gasteiger partial charge in [-0.25, -0.2) is 0 Å². The number of aromatic nitrogens is 2. The molecule has 110 valence electrons. The number of hydrogen-bond acceptors (Lipinski definition) is 4. The number of benzene rings is 2. The molecule has 3 rings (SSSR count). The molecule has 1 aromatic heterocycles. The summed E-state index contributed by atoms with van der Waals surface area (Å²) in [6.45, 7) is 1.93. The summed E-state index contributed by atoms with van der Waals surface area (Å²) in [6, 6.07) is 14.8. The first-order chi connectivity index (χ1) is 10.6. The Morgan fingerprint density at radius 2 is 1.91 bits per heavy atom. The van der Waals surface area contributed by atoms with Gasteiger partial charge in [0.05, 0.1) is 0 Å². The zero-order chi connectivity index (χ0) is 15.5. The molecule has 0 saturated carbocycles. The highest BCUT2D eigenvalue weighted by Gasteiger charge is 2.12. The van der Waals surface area contributed by atoms with Gasteiger partial charge in [-0.1, -0.05) is 38.7 Å². The van der Waals surface area contributed by atoms with Crippen molar-refractivity contribution >= 4 is 27.9 Å². The number of amides is 1. The highest BCUT2D eigenvalue weighted by atomic mass is 79.9. The second kappa shape index (κ2) is 6.11. The van der Waals surface area contributed by atoms with Crippen molar-refractivity contribution in [3.05, 3.63) is 64.1 Å². The number of anilines is 1. The van der Waals surface area contributed by atoms with E-state index in [0.29, 0.717) is 11.5 Å². The third-order valence-corrected chi connectivity index (χ3v) is 3.55. The zero-order valence-corrected chi connectivity index (χ0v) is 13.3. The van der Waals surface area contributed by atoms with Gasteiger partial charge in [0.15, 0.2) is 0 Å². The minimum absolute atomic E-state index is 0.0735. The largest absolute Gasteiger partial charge is 0.403 e. The second-order valence-electron chi connectivity index (χ2n) is 4.74. The lowest BCUT2D eigenvalue weighted by molar-refractivity contribution is 0.102. The van der Waals surface area contributed by atoms with Crippen LogP contribution >= 0.6 is 15.9 Å². The van der Waals surface area contributed by atoms with E-state index in [4.69, 9.17) is 4.42 Å². The van der Waals surface area contributed by atoms with E-state index in [1.165, 1.54) is 0 Å². The first-order valence-electron chi connectivity index (χ1n) is 6.59. The number of nitrogens with zero attached hydrogens (tertiary/aromatic N) is 2. The van der Waals surface area contributed by atoms with Gasteiger partial charge in [-0.05, 0) is 43.3 Å². The van der Waals surface area contributed by atoms with Crippen LogP contribution in [-0.2, 0) is 0 Å². The maximum atomic E-state index is 12.1. The molecule has 3 aromatic rings. The minimum Gasteiger partial charge on any atom is -0.403 e. The molecule has 0 aliphatic rings. The van der Waals surface area contributed by atoms with Gasteiger partial charge >= 0.3 is 6.01 Å². The highest BCUT2D eigenvalue weighted by Crippen LogP contribution is 2.22. The standard InChI is InChI=1S/C16H12BrN3O2/c1-10-3-2-4-12(9-10)14(21)18-16-20-19-15(22-16)11-5-7-13(17)8-6-11/h2-9H,1H3,(H,18,20,21). The Balaban J connectivity index is 1.77. The summed E-state index contributed by atoms with van der Waals surface area (Å²) in [6.07, 6.45) is 0. The molecule has 0 fully saturated rings. The number of nitrogens with one attached hydrogen (secondary N) is 1. The van der Waals surface area contributed by atoms with Crippen LogP contribution < -0.4 is 5.32 Å². The average molecular weight is 358 g/mol. The Labute approximate surface area is 135 Å². The lowest BCUT2D eigenvalue weighted by Gasteiger charge is -2.01. The predicted molar refractivity (Wildman–Crippen MR) is 86.6 cm³/mol. The fourth-order valence-electron chi connectivity index (χ4n) is 1.94. The van der Waals surface area contributed by atoms with Crippen molar-refractivity contribution in [1.82, 2.24) is 10.2 Å². The first kappa shape index (κ1) is 14.5. The third kappa shape index (κ3) is 3.23. The monoisotopic (exact) mass is 357 g/mol. The van der Waals surface area contributed by atoms with E-state index in [1.54, 1.807) is 12.1 Å². The van der Waals surface area contributed by atoms with E-state index >= 15 is 0 Å². The number of halogens is 1. The van der Waals surface area contributed by atoms with Crippen LogP contribution in [0.25, 0.3) is 11.5 Å². The summed E-state index contributed by atoms with van der Waals surface area (Å²) >= 11 is 3.36. The molecule has 22 heavy (non-hydrogen) atoms. The topological polar surface area (TPSA) is 68.0 Å². The summed E-state index contributed by atoms with van der Waals surface area (Å²) in [4.78, 5) is 12.1. The highest BCUT2D eigenvalue weighted by molar-refractivity contribution is 9.10. The van der Waals surface area contributed by atoms with E-state index in [9.17, 15) is 4.79 Å². The number of carbonyl (C=O) groups is 1. The molecule has 5 nitrogen and oxygen atoms in total. The average Bonchev–Trinajstić information content (AvgIpc) is 2.96. The molecule has 0 radical (unpaired) electrons. The van der Waals surface area contributed by atoms with Crippen LogP contribution in [0, 0.1) is 6.92 Å². The lowest BCUT2D eigenvalue weighted by Crippen LogP contribution is -2.12. The van der Waals surface area contributed by atoms with Crippen molar-refractivity contribution in [2.75, 3.05) is 5.32 Å². The van der Waals surface area contributed by atoms with Gasteiger partial charge in [0.25, 0.3) is 5.91 Å². The molecule has 0 aliphatic heterocycles. The maximum Gasteiger partial charge on any atom is 0.322 e. The van der Waals surface area contributed by atoms with E-state index in [0.717, 1.165) is 15.6 Å². The first-order valence-corrected chi connectivity index (χ1v) is 7.38. The smallest absolute Gasteiger partial charge is 0.322 e. The van der Waals surface area contributed by atoms with Crippen LogP contribution in [0.2, 0.25) is 0 Å². The zero-order valence-electron chi connectivity index (χ0n) is 11.7. The predicted octanol–water partition coefficient (Wildman–Crippen LogP) is 4.06. The summed E-state index contributed by atoms with van der Waals surface area (Å²) in [5.74, 6) is 0.0711. The summed E-state index contributed by atoms with van der Waals surface area (Å²) in [5, 5.41) is 10.4. The summed E-state index contributed by atoms with van der Waals surface area (Å²) in [7, 11) is 0. The van der Waals surface area contributed by atoms with Gasteiger partial charge in [0.2, 0.25) is 5.89 Å². The van der Waals surface area contributed by atoms with Crippen LogP contribution in [-0.4, -0.2) is 16.1 Å². The van der Waals surface area contributed by atoms with Gasteiger partial charge in [-0.3, -0.25) is 10.1 Å². The van der Waals surface area contributed by atoms with Crippen molar-refractivity contribution in [3.63, 3.8) is 0 Å². The molecule has 0 unspecified atom stereocenters. The van der Waals surface area contributed by atoms with Crippen LogP contribution in [0.5, 0.6) is 0 Å². The number of hydrogen-bond donors (Lipinski definition) is 1. The molecule has 0 aliphatic carbocycles. The third-order valence-electron chi connectivity index (χ3n) is 3.02. The molecule has 0 atom stereocenters. The van der Waals surface area contributed by atoms with Crippen LogP contribution in [0.4, 0.5) is 6.01 Å². The number of rotatable bonds is 3. The van der Waals surface area contributed by atoms with Gasteiger partial charge in [0.1, 0.15) is 0 Å². The van der Waals surface area contributed by atoms with E-state index in [-0.39, 0.29) is 11.9 Å². The van der Waals surface area contributed by atoms with Crippen LogP contribution in [0.1, 0.15) is 15.9 Å². The van der Waals surface area contributed by atoms with E-state index in [1.807, 2.05) is 43.3 Å². The fraction of sp³-hybridized carbons (Fsp3) is 0.0625. The van der Waals surface area contributed by atoms with Crippen molar-refractivity contribution < 1.29 is 9.21 Å². The summed E-state index contributed by atoms with van der Waals surface area (Å²) < 4.78 is 6.42. The van der Waals surface area contributed by atoms with Gasteiger partial charge in [-0.15, -0.1) is 5.10 Å². The Bertz CT molecular complexity index is 812. The molecule has 1 amide bonds. The Kier molecular flexibility index (Phi) is 4.02. The normalized spacial score (nSPS) is 10.5. The van der Waals surface area contributed by atoms with Crippen molar-refractivity contribution in [3.8, 4) is 11.5 Å². The fourth-order valence-corrected chi connectivity index (χ4v) is 2.20. The van der Waals surface area contributed by atoms with Gasteiger partial charge in [-0.2, -0.15) is 0 Å². The lowest BCUT2D eigenvalue weighted by atomic mass is 10.1. The van der Waals surface area contributed by atoms with E-state index < -0.39 is 0 Å². The molecule has 0 spiro atoms. The second-order valence-corrected chi connectivity index (χ2v) is 5.66. The SMILES string of the molecule is Cc1cccc(C(=O)Nc2nnc(-c3ccc(Br)cc3)o2)c1. The molecule has 1 N–H and O–H groups in total. The van der Waals surface area contributed by atoms with Crippen LogP contribution in [0.15, 0.2) is 57.4 Å². The molecular weight excluding hydrogens is 346 g/mol. The minimum atomic E-state index is -0.283. The number of carbonyl (C=O) groups excluding carboxylic acids is 1. The molecule has 1 heterocycles. The Hall–Kier alpha value is -2.47. The number of aryl methyl sites for hydroxylation is 1. The molecule has 2 aromatic carbocycles. The molecule has 6 heteroatoms.